The van der Waals surface area contributed by atoms with Crippen LogP contribution in [0.25, 0.3) is 10.9 Å². The van der Waals surface area contributed by atoms with Crippen LogP contribution in [0.2, 0.25) is 0 Å². The zero-order valence-electron chi connectivity index (χ0n) is 12.6. The van der Waals surface area contributed by atoms with Gasteiger partial charge in [-0.2, -0.15) is 5.26 Å². The number of benzene rings is 1. The van der Waals surface area contributed by atoms with E-state index in [4.69, 9.17) is 4.74 Å². The monoisotopic (exact) mass is 297 g/mol. The van der Waals surface area contributed by atoms with E-state index in [1.807, 2.05) is 35.8 Å². The molecule has 1 aromatic carbocycles. The topological polar surface area (TPSA) is 67.0 Å². The number of nitriles is 1. The molecule has 1 aliphatic heterocycles. The summed E-state index contributed by atoms with van der Waals surface area (Å²) in [5.41, 5.74) is 2.39. The van der Waals surface area contributed by atoms with E-state index < -0.39 is 0 Å². The second kappa shape index (κ2) is 6.20. The quantitative estimate of drug-likeness (QED) is 0.940. The van der Waals surface area contributed by atoms with E-state index in [-0.39, 0.29) is 18.6 Å². The molecule has 1 saturated heterocycles. The maximum absolute atomic E-state index is 12.2. The number of carbonyl (C=O) groups excluding carboxylic acids is 1. The largest absolute Gasteiger partial charge is 0.376 e. The van der Waals surface area contributed by atoms with Crippen LogP contribution in [0.3, 0.4) is 0 Å². The first-order valence-corrected chi connectivity index (χ1v) is 7.57. The smallest absolute Gasteiger partial charge is 0.240 e. The van der Waals surface area contributed by atoms with E-state index in [0.717, 1.165) is 36.0 Å². The van der Waals surface area contributed by atoms with Crippen molar-refractivity contribution in [2.75, 3.05) is 13.2 Å². The van der Waals surface area contributed by atoms with Crippen molar-refractivity contribution in [3.05, 3.63) is 35.5 Å². The molecule has 1 aromatic heterocycles. The fourth-order valence-electron chi connectivity index (χ4n) is 3.01. The fraction of sp³-hybridized carbons (Fsp3) is 0.412. The molecule has 1 atom stereocenters. The normalized spacial score (nSPS) is 17.5. The molecular formula is C17H19N3O2. The van der Waals surface area contributed by atoms with Crippen LogP contribution in [-0.2, 0) is 16.1 Å². The average Bonchev–Trinajstić information content (AvgIpc) is 3.13. The third kappa shape index (κ3) is 2.70. The van der Waals surface area contributed by atoms with Gasteiger partial charge in [-0.25, -0.2) is 0 Å². The second-order valence-corrected chi connectivity index (χ2v) is 5.61. The Bertz CT molecular complexity index is 736. The van der Waals surface area contributed by atoms with E-state index in [0.29, 0.717) is 12.1 Å². The van der Waals surface area contributed by atoms with Crippen LogP contribution in [-0.4, -0.2) is 29.7 Å². The molecule has 2 aromatic rings. The molecule has 0 saturated carbocycles. The van der Waals surface area contributed by atoms with Gasteiger partial charge in [0.1, 0.15) is 12.6 Å². The molecule has 0 spiro atoms. The van der Waals surface area contributed by atoms with Gasteiger partial charge in [0.15, 0.2) is 0 Å². The zero-order chi connectivity index (χ0) is 15.5. The first kappa shape index (κ1) is 14.6. The summed E-state index contributed by atoms with van der Waals surface area (Å²) < 4.78 is 7.41. The molecule has 0 unspecified atom stereocenters. The van der Waals surface area contributed by atoms with Gasteiger partial charge < -0.3 is 14.6 Å². The first-order chi connectivity index (χ1) is 10.7. The van der Waals surface area contributed by atoms with Crippen LogP contribution >= 0.6 is 0 Å². The highest BCUT2D eigenvalue weighted by Crippen LogP contribution is 2.24. The zero-order valence-corrected chi connectivity index (χ0v) is 12.6. The lowest BCUT2D eigenvalue weighted by Gasteiger charge is -2.12. The summed E-state index contributed by atoms with van der Waals surface area (Å²) in [4.78, 5) is 12.2. The number of hydrogen-bond donors (Lipinski definition) is 1. The molecule has 2 heterocycles. The lowest BCUT2D eigenvalue weighted by Crippen LogP contribution is -2.34. The number of rotatable bonds is 4. The van der Waals surface area contributed by atoms with Gasteiger partial charge in [0.2, 0.25) is 5.91 Å². The number of aromatic nitrogens is 1. The van der Waals surface area contributed by atoms with Crippen molar-refractivity contribution in [2.24, 2.45) is 0 Å². The van der Waals surface area contributed by atoms with Crippen LogP contribution < -0.4 is 5.32 Å². The van der Waals surface area contributed by atoms with Crippen molar-refractivity contribution in [3.63, 3.8) is 0 Å². The van der Waals surface area contributed by atoms with Gasteiger partial charge >= 0.3 is 0 Å². The Morgan fingerprint density at radius 3 is 3.05 bits per heavy atom. The van der Waals surface area contributed by atoms with Crippen LogP contribution in [0, 0.1) is 18.3 Å². The Morgan fingerprint density at radius 2 is 2.32 bits per heavy atom. The van der Waals surface area contributed by atoms with Crippen LogP contribution in [0.15, 0.2) is 24.3 Å². The Hall–Kier alpha value is -2.32. The molecule has 22 heavy (non-hydrogen) atoms. The average molecular weight is 297 g/mol. The van der Waals surface area contributed by atoms with E-state index in [1.54, 1.807) is 0 Å². The number of nitrogens with one attached hydrogen (secondary N) is 1. The van der Waals surface area contributed by atoms with E-state index in [9.17, 15) is 10.1 Å². The van der Waals surface area contributed by atoms with Crippen molar-refractivity contribution >= 4 is 16.8 Å². The van der Waals surface area contributed by atoms with Gasteiger partial charge in [0.05, 0.1) is 17.2 Å². The van der Waals surface area contributed by atoms with Gasteiger partial charge in [0, 0.05) is 24.2 Å². The Balaban J connectivity index is 1.77. The fourth-order valence-corrected chi connectivity index (χ4v) is 3.01. The Kier molecular flexibility index (Phi) is 4.12. The van der Waals surface area contributed by atoms with Crippen LogP contribution in [0.5, 0.6) is 0 Å². The third-order valence-electron chi connectivity index (χ3n) is 4.20. The molecule has 1 fully saturated rings. The van der Waals surface area contributed by atoms with Gasteiger partial charge in [-0.05, 0) is 25.8 Å². The van der Waals surface area contributed by atoms with Gasteiger partial charge in [-0.3, -0.25) is 4.79 Å². The summed E-state index contributed by atoms with van der Waals surface area (Å²) in [7, 11) is 0. The van der Waals surface area contributed by atoms with Crippen molar-refractivity contribution < 1.29 is 9.53 Å². The van der Waals surface area contributed by atoms with E-state index >= 15 is 0 Å². The van der Waals surface area contributed by atoms with E-state index in [2.05, 4.69) is 11.4 Å². The molecule has 1 aliphatic rings. The number of hydrogen-bond acceptors (Lipinski definition) is 3. The van der Waals surface area contributed by atoms with Gasteiger partial charge in [-0.1, -0.05) is 18.2 Å². The summed E-state index contributed by atoms with van der Waals surface area (Å²) in [6.45, 7) is 3.45. The molecular weight excluding hydrogens is 278 g/mol. The van der Waals surface area contributed by atoms with Crippen molar-refractivity contribution in [3.8, 4) is 6.07 Å². The number of amides is 1. The first-order valence-electron chi connectivity index (χ1n) is 7.57. The van der Waals surface area contributed by atoms with Crippen molar-refractivity contribution in [1.29, 1.82) is 5.26 Å². The third-order valence-corrected chi connectivity index (χ3v) is 4.20. The Labute approximate surface area is 129 Å². The summed E-state index contributed by atoms with van der Waals surface area (Å²) in [5.74, 6) is -0.0520. The van der Waals surface area contributed by atoms with E-state index in [1.165, 1.54) is 0 Å². The number of carbonyl (C=O) groups is 1. The molecule has 1 amide bonds. The summed E-state index contributed by atoms with van der Waals surface area (Å²) in [5, 5.41) is 13.2. The molecule has 1 N–H and O–H groups in total. The molecule has 0 bridgehead atoms. The molecule has 0 aliphatic carbocycles. The molecule has 3 rings (SSSR count). The maximum Gasteiger partial charge on any atom is 0.240 e. The molecule has 0 radical (unpaired) electrons. The summed E-state index contributed by atoms with van der Waals surface area (Å²) in [6.07, 6.45) is 2.21. The predicted molar refractivity (Wildman–Crippen MR) is 83.4 cm³/mol. The number of nitrogens with zero attached hydrogens (tertiary/aromatic N) is 2. The highest BCUT2D eigenvalue weighted by Gasteiger charge is 2.18. The summed E-state index contributed by atoms with van der Waals surface area (Å²) >= 11 is 0. The molecule has 5 nitrogen and oxygen atoms in total. The Morgan fingerprint density at radius 1 is 1.50 bits per heavy atom. The van der Waals surface area contributed by atoms with Gasteiger partial charge in [-0.15, -0.1) is 0 Å². The number of fused-ring (bicyclic) bond motifs is 1. The molecule has 5 heteroatoms. The van der Waals surface area contributed by atoms with Gasteiger partial charge in [0.25, 0.3) is 0 Å². The number of ether oxygens (including phenoxy) is 1. The predicted octanol–water partition coefficient (Wildman–Crippen LogP) is 2.12. The second-order valence-electron chi connectivity index (χ2n) is 5.61. The summed E-state index contributed by atoms with van der Waals surface area (Å²) in [6, 6.07) is 9.92. The van der Waals surface area contributed by atoms with Crippen molar-refractivity contribution in [1.82, 2.24) is 9.88 Å². The minimum atomic E-state index is -0.0520. The standard InChI is InChI=1S/C17H19N3O2/c1-12-15(9-18)14-6-2-3-7-16(14)20(12)11-17(21)19-10-13-5-4-8-22-13/h2-3,6-7,13H,4-5,8,10-11H2,1H3,(H,19,21)/t13-/m1/s1. The van der Waals surface area contributed by atoms with Crippen LogP contribution in [0.1, 0.15) is 24.1 Å². The highest BCUT2D eigenvalue weighted by molar-refractivity contribution is 5.89. The molecule has 114 valence electrons. The SMILES string of the molecule is Cc1c(C#N)c2ccccc2n1CC(=O)NC[C@H]1CCCO1. The minimum Gasteiger partial charge on any atom is -0.376 e. The van der Waals surface area contributed by atoms with Crippen LogP contribution in [0.4, 0.5) is 0 Å². The lowest BCUT2D eigenvalue weighted by molar-refractivity contribution is -0.122. The minimum absolute atomic E-state index is 0.0520. The maximum atomic E-state index is 12.2. The number of para-hydroxylation sites is 1. The van der Waals surface area contributed by atoms with Crippen molar-refractivity contribution in [2.45, 2.75) is 32.4 Å². The lowest BCUT2D eigenvalue weighted by atomic mass is 10.1. The highest BCUT2D eigenvalue weighted by atomic mass is 16.5.